The predicted octanol–water partition coefficient (Wildman–Crippen LogP) is 3.44. The Morgan fingerprint density at radius 2 is 1.77 bits per heavy atom. The average molecular weight is 210 g/mol. The Hall–Kier alpha value is -0.710. The van der Waals surface area contributed by atoms with Crippen LogP contribution >= 0.6 is 12.6 Å². The molecule has 0 aliphatic carbocycles. The van der Waals surface area contributed by atoms with Crippen LogP contribution in [-0.2, 0) is 6.18 Å². The Morgan fingerprint density at radius 3 is 2.23 bits per heavy atom. The number of halogens is 4. The minimum atomic E-state index is -4.52. The second-order valence-electron chi connectivity index (χ2n) is 2.60. The van der Waals surface area contributed by atoms with E-state index in [1.165, 1.54) is 0 Å². The van der Waals surface area contributed by atoms with Crippen LogP contribution in [0.15, 0.2) is 17.0 Å². The van der Waals surface area contributed by atoms with Gasteiger partial charge in [0.05, 0.1) is 5.56 Å². The van der Waals surface area contributed by atoms with Crippen molar-refractivity contribution in [2.24, 2.45) is 0 Å². The molecule has 0 saturated carbocycles. The van der Waals surface area contributed by atoms with Crippen LogP contribution in [0.25, 0.3) is 0 Å². The molecule has 0 amide bonds. The highest BCUT2D eigenvalue weighted by atomic mass is 32.1. The number of hydrogen-bond donors (Lipinski definition) is 1. The van der Waals surface area contributed by atoms with Crippen molar-refractivity contribution in [2.75, 3.05) is 0 Å². The van der Waals surface area contributed by atoms with Crippen molar-refractivity contribution in [3.63, 3.8) is 0 Å². The van der Waals surface area contributed by atoms with Crippen LogP contribution in [0.1, 0.15) is 11.1 Å². The van der Waals surface area contributed by atoms with Crippen LogP contribution < -0.4 is 0 Å². The van der Waals surface area contributed by atoms with Crippen LogP contribution in [0.4, 0.5) is 17.6 Å². The van der Waals surface area contributed by atoms with Gasteiger partial charge in [0.25, 0.3) is 0 Å². The van der Waals surface area contributed by atoms with Crippen LogP contribution in [0.5, 0.6) is 0 Å². The van der Waals surface area contributed by atoms with Gasteiger partial charge >= 0.3 is 6.18 Å². The Labute approximate surface area is 78.0 Å². The molecular weight excluding hydrogens is 204 g/mol. The van der Waals surface area contributed by atoms with Crippen LogP contribution in [-0.4, -0.2) is 0 Å². The largest absolute Gasteiger partial charge is 0.416 e. The predicted molar refractivity (Wildman–Crippen MR) is 43.4 cm³/mol. The van der Waals surface area contributed by atoms with Gasteiger partial charge in [-0.2, -0.15) is 13.2 Å². The molecule has 0 bridgehead atoms. The van der Waals surface area contributed by atoms with Crippen molar-refractivity contribution in [1.82, 2.24) is 0 Å². The molecule has 0 aromatic heterocycles. The lowest BCUT2D eigenvalue weighted by Gasteiger charge is -2.11. The van der Waals surface area contributed by atoms with Crippen molar-refractivity contribution < 1.29 is 17.6 Å². The zero-order valence-electron chi connectivity index (χ0n) is 6.61. The normalized spacial score (nSPS) is 11.8. The Morgan fingerprint density at radius 1 is 1.23 bits per heavy atom. The SMILES string of the molecule is Cc1c(F)cc(S)cc1C(F)(F)F. The van der Waals surface area contributed by atoms with E-state index in [-0.39, 0.29) is 4.90 Å². The molecule has 0 saturated heterocycles. The maximum absolute atomic E-state index is 12.8. The molecule has 72 valence electrons. The van der Waals surface area contributed by atoms with E-state index in [0.29, 0.717) is 0 Å². The van der Waals surface area contributed by atoms with E-state index in [1.54, 1.807) is 0 Å². The van der Waals surface area contributed by atoms with Gasteiger partial charge in [-0.05, 0) is 24.6 Å². The number of thiol groups is 1. The minimum absolute atomic E-state index is 0.0320. The molecule has 0 fully saturated rings. The molecule has 0 unspecified atom stereocenters. The molecule has 1 rings (SSSR count). The van der Waals surface area contributed by atoms with E-state index in [2.05, 4.69) is 12.6 Å². The van der Waals surface area contributed by atoms with E-state index in [9.17, 15) is 17.6 Å². The number of alkyl halides is 3. The topological polar surface area (TPSA) is 0 Å². The molecule has 0 N–H and O–H groups in total. The van der Waals surface area contributed by atoms with Gasteiger partial charge in [0.2, 0.25) is 0 Å². The number of benzene rings is 1. The van der Waals surface area contributed by atoms with Gasteiger partial charge in [0, 0.05) is 4.90 Å². The molecule has 0 nitrogen and oxygen atoms in total. The lowest BCUT2D eigenvalue weighted by molar-refractivity contribution is -0.138. The highest BCUT2D eigenvalue weighted by Gasteiger charge is 2.33. The Bertz CT molecular complexity index is 330. The summed E-state index contributed by atoms with van der Waals surface area (Å²) in [6, 6.07) is 1.76. The molecule has 0 atom stereocenters. The summed E-state index contributed by atoms with van der Waals surface area (Å²) in [6.07, 6.45) is -4.52. The number of hydrogen-bond acceptors (Lipinski definition) is 1. The van der Waals surface area contributed by atoms with Gasteiger partial charge in [-0.25, -0.2) is 4.39 Å². The maximum Gasteiger partial charge on any atom is 0.416 e. The summed E-state index contributed by atoms with van der Waals surface area (Å²) in [5, 5.41) is 0. The summed E-state index contributed by atoms with van der Waals surface area (Å²) < 4.78 is 49.4. The zero-order chi connectivity index (χ0) is 10.2. The fraction of sp³-hybridized carbons (Fsp3) is 0.250. The zero-order valence-corrected chi connectivity index (χ0v) is 7.51. The van der Waals surface area contributed by atoms with E-state index in [1.807, 2.05) is 0 Å². The van der Waals surface area contributed by atoms with Gasteiger partial charge in [0.15, 0.2) is 0 Å². The van der Waals surface area contributed by atoms with E-state index >= 15 is 0 Å². The fourth-order valence-corrected chi connectivity index (χ4v) is 1.20. The first kappa shape index (κ1) is 10.4. The molecule has 1 aromatic rings. The summed E-state index contributed by atoms with van der Waals surface area (Å²) >= 11 is 3.66. The Balaban J connectivity index is 3.37. The summed E-state index contributed by atoms with van der Waals surface area (Å²) in [6.45, 7) is 1.09. The van der Waals surface area contributed by atoms with Crippen LogP contribution in [0, 0.1) is 12.7 Å². The second-order valence-corrected chi connectivity index (χ2v) is 3.11. The van der Waals surface area contributed by atoms with E-state index < -0.39 is 23.1 Å². The molecule has 0 heterocycles. The van der Waals surface area contributed by atoms with Crippen molar-refractivity contribution in [3.05, 3.63) is 29.1 Å². The van der Waals surface area contributed by atoms with E-state index in [4.69, 9.17) is 0 Å². The van der Waals surface area contributed by atoms with Crippen LogP contribution in [0.3, 0.4) is 0 Å². The van der Waals surface area contributed by atoms with Gasteiger partial charge in [-0.15, -0.1) is 12.6 Å². The fourth-order valence-electron chi connectivity index (χ4n) is 0.959. The van der Waals surface area contributed by atoms with Crippen molar-refractivity contribution in [1.29, 1.82) is 0 Å². The van der Waals surface area contributed by atoms with Crippen molar-refractivity contribution in [3.8, 4) is 0 Å². The van der Waals surface area contributed by atoms with Gasteiger partial charge < -0.3 is 0 Å². The third kappa shape index (κ3) is 2.15. The standard InChI is InChI=1S/C8H6F4S/c1-4-6(8(10,11)12)2-5(13)3-7(4)9/h2-3,13H,1H3. The Kier molecular flexibility index (Phi) is 2.56. The highest BCUT2D eigenvalue weighted by Crippen LogP contribution is 2.34. The van der Waals surface area contributed by atoms with E-state index in [0.717, 1.165) is 19.1 Å². The summed E-state index contributed by atoms with van der Waals surface area (Å²) in [5.74, 6) is -0.889. The van der Waals surface area contributed by atoms with Gasteiger partial charge in [-0.3, -0.25) is 0 Å². The average Bonchev–Trinajstić information content (AvgIpc) is 1.94. The van der Waals surface area contributed by atoms with Gasteiger partial charge in [0.1, 0.15) is 5.82 Å². The first-order chi connectivity index (χ1) is 5.82. The molecule has 13 heavy (non-hydrogen) atoms. The van der Waals surface area contributed by atoms with Crippen molar-refractivity contribution in [2.45, 2.75) is 18.0 Å². The second kappa shape index (κ2) is 3.21. The minimum Gasteiger partial charge on any atom is -0.207 e. The molecule has 0 spiro atoms. The first-order valence-corrected chi connectivity index (χ1v) is 3.83. The maximum atomic E-state index is 12.8. The monoisotopic (exact) mass is 210 g/mol. The lowest BCUT2D eigenvalue weighted by Crippen LogP contribution is -2.08. The first-order valence-electron chi connectivity index (χ1n) is 3.38. The van der Waals surface area contributed by atoms with Crippen molar-refractivity contribution >= 4 is 12.6 Å². The summed E-state index contributed by atoms with van der Waals surface area (Å²) in [4.78, 5) is -0.0320. The molecule has 5 heteroatoms. The van der Waals surface area contributed by atoms with Crippen LogP contribution in [0.2, 0.25) is 0 Å². The number of rotatable bonds is 0. The smallest absolute Gasteiger partial charge is 0.207 e. The third-order valence-corrected chi connectivity index (χ3v) is 1.89. The summed E-state index contributed by atoms with van der Waals surface area (Å²) in [5.41, 5.74) is -1.37. The molecule has 0 aliphatic rings. The quantitative estimate of drug-likeness (QED) is 0.492. The molecule has 0 radical (unpaired) electrons. The van der Waals surface area contributed by atoms with Gasteiger partial charge in [-0.1, -0.05) is 0 Å². The highest BCUT2D eigenvalue weighted by molar-refractivity contribution is 7.80. The summed E-state index contributed by atoms with van der Waals surface area (Å²) in [7, 11) is 0. The molecule has 0 aliphatic heterocycles. The molecule has 1 aromatic carbocycles. The molecular formula is C8H6F4S. The lowest BCUT2D eigenvalue weighted by atomic mass is 10.1. The third-order valence-electron chi connectivity index (χ3n) is 1.63.